The lowest BCUT2D eigenvalue weighted by atomic mass is 9.91. The molecule has 2 aromatic rings. The summed E-state index contributed by atoms with van der Waals surface area (Å²) in [6.45, 7) is 3.46. The third-order valence-electron chi connectivity index (χ3n) is 5.54. The monoisotopic (exact) mass is 585 g/mol. The van der Waals surface area contributed by atoms with Gasteiger partial charge in [0.15, 0.2) is 0 Å². The van der Waals surface area contributed by atoms with Crippen molar-refractivity contribution in [3.8, 4) is 0 Å². The number of fused-ring (bicyclic) bond motifs is 1. The molecule has 2 fully saturated rings. The van der Waals surface area contributed by atoms with Crippen molar-refractivity contribution in [3.05, 3.63) is 52.5 Å². The number of halogens is 6. The second-order valence-corrected chi connectivity index (χ2v) is 9.44. The van der Waals surface area contributed by atoms with Crippen molar-refractivity contribution in [1.82, 2.24) is 15.2 Å². The Morgan fingerprint density at radius 3 is 2.21 bits per heavy atom. The number of thiophene rings is 1. The van der Waals surface area contributed by atoms with Gasteiger partial charge in [-0.15, -0.1) is 11.3 Å². The molecule has 2 aliphatic rings. The second kappa shape index (κ2) is 14.2. The van der Waals surface area contributed by atoms with E-state index in [4.69, 9.17) is 24.5 Å². The number of pyridine rings is 1. The van der Waals surface area contributed by atoms with Gasteiger partial charge in [-0.2, -0.15) is 26.3 Å². The molecule has 0 spiro atoms. The van der Waals surface area contributed by atoms with Gasteiger partial charge in [-0.3, -0.25) is 14.7 Å². The van der Waals surface area contributed by atoms with Gasteiger partial charge in [-0.1, -0.05) is 12.1 Å². The predicted molar refractivity (Wildman–Crippen MR) is 124 cm³/mol. The van der Waals surface area contributed by atoms with Crippen LogP contribution in [0.1, 0.15) is 23.4 Å². The zero-order chi connectivity index (χ0) is 29.2. The summed E-state index contributed by atoms with van der Waals surface area (Å²) >= 11 is 1.80. The van der Waals surface area contributed by atoms with Crippen LogP contribution in [0.5, 0.6) is 0 Å². The lowest BCUT2D eigenvalue weighted by Gasteiger charge is -2.33. The fourth-order valence-corrected chi connectivity index (χ4v) is 4.47. The van der Waals surface area contributed by atoms with Crippen LogP contribution in [0.25, 0.3) is 0 Å². The molecule has 216 valence electrons. The number of amides is 1. The Bertz CT molecular complexity index is 1040. The maximum Gasteiger partial charge on any atom is 0.490 e. The first-order chi connectivity index (χ1) is 18.2. The number of carboxylic acids is 2. The van der Waals surface area contributed by atoms with E-state index in [1.165, 1.54) is 4.88 Å². The van der Waals surface area contributed by atoms with Gasteiger partial charge in [-0.05, 0) is 48.9 Å². The van der Waals surface area contributed by atoms with E-state index in [0.717, 1.165) is 38.2 Å². The summed E-state index contributed by atoms with van der Waals surface area (Å²) in [5.74, 6) is -5.02. The molecule has 2 saturated heterocycles. The van der Waals surface area contributed by atoms with Gasteiger partial charge in [0.25, 0.3) is 0 Å². The quantitative estimate of drug-likeness (QED) is 0.453. The van der Waals surface area contributed by atoms with Crippen LogP contribution in [-0.4, -0.2) is 75.6 Å². The summed E-state index contributed by atoms with van der Waals surface area (Å²) in [5, 5.41) is 19.3. The molecule has 3 atom stereocenters. The van der Waals surface area contributed by atoms with Gasteiger partial charge < -0.3 is 20.3 Å². The molecule has 39 heavy (non-hydrogen) atoms. The number of aliphatic carboxylic acids is 2. The SMILES string of the molecule is O=C(NCc1ccccn1)[C@@H]1C[C@@H]2CCN(Cc3cccs3)C[C@@H]2O1.O=C(O)C(F)(F)F.O=C(O)C(F)(F)F. The zero-order valence-electron chi connectivity index (χ0n) is 20.1. The van der Waals surface area contributed by atoms with Crippen molar-refractivity contribution in [2.45, 2.75) is 50.5 Å². The van der Waals surface area contributed by atoms with Crippen LogP contribution in [0.2, 0.25) is 0 Å². The summed E-state index contributed by atoms with van der Waals surface area (Å²) in [7, 11) is 0. The van der Waals surface area contributed by atoms with Crippen LogP contribution in [0, 0.1) is 5.92 Å². The van der Waals surface area contributed by atoms with Crippen LogP contribution in [0.15, 0.2) is 41.9 Å². The highest BCUT2D eigenvalue weighted by atomic mass is 32.1. The number of carboxylic acid groups (broad SMARTS) is 2. The Labute approximate surface area is 222 Å². The van der Waals surface area contributed by atoms with Gasteiger partial charge in [-0.25, -0.2) is 9.59 Å². The number of carbonyl (C=O) groups is 3. The van der Waals surface area contributed by atoms with Gasteiger partial charge in [0, 0.05) is 24.2 Å². The van der Waals surface area contributed by atoms with Crippen molar-refractivity contribution in [1.29, 1.82) is 0 Å². The molecule has 2 aliphatic heterocycles. The standard InChI is InChI=1S/C19H23N3O2S.2C2HF3O2/c23-19(21-11-15-4-1-2-7-20-15)17-10-14-6-8-22(13-18(14)24-17)12-16-5-3-9-25-16;2*3-2(4,5)1(6)7/h1-5,7,9,14,17-18H,6,8,10-13H2,(H,21,23);2*(H,6,7)/t14-,17-,18-;;/m0../s1. The zero-order valence-corrected chi connectivity index (χ0v) is 20.9. The Hall–Kier alpha value is -3.24. The predicted octanol–water partition coefficient (Wildman–Crippen LogP) is 3.71. The fraction of sp³-hybridized carbons (Fsp3) is 0.478. The molecule has 0 bridgehead atoms. The summed E-state index contributed by atoms with van der Waals surface area (Å²) in [6, 6.07) is 9.99. The first-order valence-corrected chi connectivity index (χ1v) is 12.2. The van der Waals surface area contributed by atoms with Crippen molar-refractivity contribution >= 4 is 29.2 Å². The fourth-order valence-electron chi connectivity index (χ4n) is 3.72. The third kappa shape index (κ3) is 11.2. The maximum absolute atomic E-state index is 12.4. The average molecular weight is 586 g/mol. The Kier molecular flexibility index (Phi) is 11.7. The molecule has 9 nitrogen and oxygen atoms in total. The smallest absolute Gasteiger partial charge is 0.475 e. The number of aromatic nitrogens is 1. The number of hydrogen-bond acceptors (Lipinski definition) is 7. The number of nitrogens with one attached hydrogen (secondary N) is 1. The molecule has 0 saturated carbocycles. The van der Waals surface area contributed by atoms with Gasteiger partial charge in [0.05, 0.1) is 18.3 Å². The van der Waals surface area contributed by atoms with E-state index in [0.29, 0.717) is 12.5 Å². The molecule has 16 heteroatoms. The summed E-state index contributed by atoms with van der Waals surface area (Å²) in [4.78, 5) is 38.3. The molecule has 0 aromatic carbocycles. The molecule has 0 radical (unpaired) electrons. The lowest BCUT2D eigenvalue weighted by molar-refractivity contribution is -0.193. The molecular weight excluding hydrogens is 560 g/mol. The van der Waals surface area contributed by atoms with E-state index in [1.807, 2.05) is 18.2 Å². The van der Waals surface area contributed by atoms with E-state index >= 15 is 0 Å². The van der Waals surface area contributed by atoms with E-state index < -0.39 is 24.3 Å². The molecule has 1 amide bonds. The van der Waals surface area contributed by atoms with Crippen molar-refractivity contribution in [2.24, 2.45) is 5.92 Å². The van der Waals surface area contributed by atoms with Crippen molar-refractivity contribution in [2.75, 3.05) is 13.1 Å². The molecule has 2 aromatic heterocycles. The number of nitrogens with zero attached hydrogens (tertiary/aromatic N) is 2. The minimum Gasteiger partial charge on any atom is -0.475 e. The van der Waals surface area contributed by atoms with Crippen LogP contribution >= 0.6 is 11.3 Å². The van der Waals surface area contributed by atoms with Crippen molar-refractivity contribution < 1.29 is 55.7 Å². The largest absolute Gasteiger partial charge is 0.490 e. The number of alkyl halides is 6. The average Bonchev–Trinajstić information content (AvgIpc) is 3.52. The highest BCUT2D eigenvalue weighted by Gasteiger charge is 2.42. The number of carbonyl (C=O) groups excluding carboxylic acids is 1. The number of likely N-dealkylation sites (tertiary alicyclic amines) is 1. The minimum atomic E-state index is -5.08. The first kappa shape index (κ1) is 32.0. The lowest BCUT2D eigenvalue weighted by Crippen LogP contribution is -2.42. The van der Waals surface area contributed by atoms with Crippen LogP contribution < -0.4 is 5.32 Å². The van der Waals surface area contributed by atoms with E-state index in [2.05, 4.69) is 32.7 Å². The molecule has 4 heterocycles. The molecule has 0 aliphatic carbocycles. The summed E-state index contributed by atoms with van der Waals surface area (Å²) in [6.07, 6.45) is -6.62. The van der Waals surface area contributed by atoms with E-state index in [1.54, 1.807) is 17.5 Å². The van der Waals surface area contributed by atoms with Gasteiger partial charge in [0.2, 0.25) is 5.91 Å². The normalized spacial score (nSPS) is 20.9. The summed E-state index contributed by atoms with van der Waals surface area (Å²) < 4.78 is 69.6. The minimum absolute atomic E-state index is 0.00939. The summed E-state index contributed by atoms with van der Waals surface area (Å²) in [5.41, 5.74) is 0.869. The Morgan fingerprint density at radius 1 is 1.05 bits per heavy atom. The number of hydrogen-bond donors (Lipinski definition) is 3. The molecule has 4 rings (SSSR count). The Morgan fingerprint density at radius 2 is 1.69 bits per heavy atom. The Balaban J connectivity index is 0.000000317. The number of ether oxygens (including phenoxy) is 1. The molecule has 3 N–H and O–H groups in total. The molecular formula is C23H25F6N3O6S. The maximum atomic E-state index is 12.4. The highest BCUT2D eigenvalue weighted by molar-refractivity contribution is 7.09. The number of piperidine rings is 1. The van der Waals surface area contributed by atoms with E-state index in [-0.39, 0.29) is 18.1 Å². The van der Waals surface area contributed by atoms with Crippen LogP contribution in [0.3, 0.4) is 0 Å². The number of rotatable bonds is 5. The topological polar surface area (TPSA) is 129 Å². The van der Waals surface area contributed by atoms with E-state index in [9.17, 15) is 31.1 Å². The van der Waals surface area contributed by atoms with Crippen LogP contribution in [-0.2, 0) is 32.2 Å². The second-order valence-electron chi connectivity index (χ2n) is 8.41. The van der Waals surface area contributed by atoms with Gasteiger partial charge >= 0.3 is 24.3 Å². The molecule has 0 unspecified atom stereocenters. The van der Waals surface area contributed by atoms with Crippen LogP contribution in [0.4, 0.5) is 26.3 Å². The van der Waals surface area contributed by atoms with Gasteiger partial charge in [0.1, 0.15) is 6.10 Å². The highest BCUT2D eigenvalue weighted by Crippen LogP contribution is 2.34. The first-order valence-electron chi connectivity index (χ1n) is 11.3. The van der Waals surface area contributed by atoms with Crippen molar-refractivity contribution in [3.63, 3.8) is 0 Å². The third-order valence-corrected chi connectivity index (χ3v) is 6.40.